The highest BCUT2D eigenvalue weighted by atomic mass is 35.5. The van der Waals surface area contributed by atoms with Gasteiger partial charge < -0.3 is 9.84 Å². The minimum Gasteiger partial charge on any atom is -0.457 e. The maximum atomic E-state index is 14.1. The SMILES string of the molecule is [B]C1(O)c2c(ccc(Oc3cc(F)cc(Cl)c3)c2C(F)F)S(=O)(=O)C1(F)F. The van der Waals surface area contributed by atoms with Crippen LogP contribution in [0.1, 0.15) is 17.6 Å². The fourth-order valence-corrected chi connectivity index (χ4v) is 4.49. The van der Waals surface area contributed by atoms with Gasteiger partial charge in [-0.2, -0.15) is 8.78 Å². The van der Waals surface area contributed by atoms with Crippen molar-refractivity contribution in [3.8, 4) is 11.5 Å². The molecule has 12 heteroatoms. The molecule has 0 fully saturated rings. The van der Waals surface area contributed by atoms with Crippen LogP contribution in [0.25, 0.3) is 0 Å². The van der Waals surface area contributed by atoms with Crippen LogP contribution < -0.4 is 4.74 Å². The Balaban J connectivity index is 2.27. The lowest BCUT2D eigenvalue weighted by Gasteiger charge is -2.27. The third kappa shape index (κ3) is 2.79. The van der Waals surface area contributed by atoms with E-state index in [1.807, 2.05) is 0 Å². The van der Waals surface area contributed by atoms with Crippen LogP contribution in [0, 0.1) is 5.82 Å². The third-order valence-electron chi connectivity index (χ3n) is 3.90. The molecule has 2 aromatic rings. The Bertz CT molecular complexity index is 1020. The number of alkyl halides is 4. The van der Waals surface area contributed by atoms with E-state index < -0.39 is 54.6 Å². The maximum absolute atomic E-state index is 14.1. The van der Waals surface area contributed by atoms with Crippen molar-refractivity contribution in [3.05, 3.63) is 52.3 Å². The molecule has 0 saturated heterocycles. The smallest absolute Gasteiger partial charge is 0.373 e. The maximum Gasteiger partial charge on any atom is 0.373 e. The van der Waals surface area contributed by atoms with Crippen LogP contribution in [-0.2, 0) is 15.3 Å². The van der Waals surface area contributed by atoms with Crippen molar-refractivity contribution in [2.24, 2.45) is 0 Å². The van der Waals surface area contributed by atoms with Crippen molar-refractivity contribution in [3.63, 3.8) is 0 Å². The lowest BCUT2D eigenvalue weighted by Crippen LogP contribution is -2.45. The highest BCUT2D eigenvalue weighted by Crippen LogP contribution is 2.55. The van der Waals surface area contributed by atoms with E-state index in [0.717, 1.165) is 18.2 Å². The van der Waals surface area contributed by atoms with E-state index in [9.17, 15) is 35.5 Å². The third-order valence-corrected chi connectivity index (χ3v) is 6.02. The lowest BCUT2D eigenvalue weighted by atomic mass is 9.74. The zero-order valence-corrected chi connectivity index (χ0v) is 14.5. The van der Waals surface area contributed by atoms with Gasteiger partial charge in [0.2, 0.25) is 9.84 Å². The van der Waals surface area contributed by atoms with Gasteiger partial charge in [0, 0.05) is 16.7 Å². The summed E-state index contributed by atoms with van der Waals surface area (Å²) in [6, 6.07) is 3.94. The second kappa shape index (κ2) is 6.08. The van der Waals surface area contributed by atoms with Crippen LogP contribution in [0.4, 0.5) is 22.0 Å². The first-order valence-corrected chi connectivity index (χ1v) is 8.90. The molecule has 1 N–H and O–H groups in total. The second-order valence-electron chi connectivity index (χ2n) is 5.65. The molecule has 2 aromatic carbocycles. The Kier molecular flexibility index (Phi) is 4.48. The van der Waals surface area contributed by atoms with Gasteiger partial charge in [0.1, 0.15) is 30.7 Å². The Morgan fingerprint density at radius 2 is 1.81 bits per heavy atom. The molecule has 4 nitrogen and oxygen atoms in total. The number of aliphatic hydroxyl groups is 1. The zero-order chi connectivity index (χ0) is 20.4. The van der Waals surface area contributed by atoms with Gasteiger partial charge in [-0.05, 0) is 24.3 Å². The van der Waals surface area contributed by atoms with E-state index >= 15 is 0 Å². The molecule has 1 aliphatic heterocycles. The molecule has 1 atom stereocenters. The van der Waals surface area contributed by atoms with Gasteiger partial charge in [-0.3, -0.25) is 0 Å². The van der Waals surface area contributed by atoms with Crippen molar-refractivity contribution in [2.45, 2.75) is 22.1 Å². The number of benzene rings is 2. The number of halogens is 6. The second-order valence-corrected chi connectivity index (χ2v) is 8.04. The predicted molar refractivity (Wildman–Crippen MR) is 84.7 cm³/mol. The molecule has 0 spiro atoms. The van der Waals surface area contributed by atoms with Crippen LogP contribution in [0.15, 0.2) is 35.2 Å². The minimum atomic E-state index is -5.53. The number of fused-ring (bicyclic) bond motifs is 1. The first-order valence-electron chi connectivity index (χ1n) is 7.04. The summed E-state index contributed by atoms with van der Waals surface area (Å²) in [7, 11) is -0.481. The average molecular weight is 425 g/mol. The first-order chi connectivity index (χ1) is 12.3. The summed E-state index contributed by atoms with van der Waals surface area (Å²) >= 11 is 5.63. The fraction of sp³-hybridized carbons (Fsp3) is 0.200. The van der Waals surface area contributed by atoms with Gasteiger partial charge in [0.25, 0.3) is 6.43 Å². The summed E-state index contributed by atoms with van der Waals surface area (Å²) < 4.78 is 97.7. The molecule has 0 aliphatic carbocycles. The van der Waals surface area contributed by atoms with E-state index in [1.165, 1.54) is 0 Å². The summed E-state index contributed by atoms with van der Waals surface area (Å²) in [6.45, 7) is 0. The number of rotatable bonds is 3. The van der Waals surface area contributed by atoms with Gasteiger partial charge in [-0.1, -0.05) is 11.6 Å². The molecule has 142 valence electrons. The monoisotopic (exact) mass is 424 g/mol. The van der Waals surface area contributed by atoms with Crippen LogP contribution in [0.3, 0.4) is 0 Å². The summed E-state index contributed by atoms with van der Waals surface area (Å²) in [4.78, 5) is -1.25. The molecule has 0 bridgehead atoms. The van der Waals surface area contributed by atoms with Crippen LogP contribution >= 0.6 is 11.6 Å². The standard InChI is InChI=1S/C15H7BClF5O4S/c16-14(23)12-10(27(24,25)15(14,21)22)2-1-9(11(12)13(19)20)26-8-4-6(17)3-7(18)5-8/h1-5,13,23H. The van der Waals surface area contributed by atoms with Crippen LogP contribution in [-0.4, -0.2) is 26.6 Å². The molecule has 0 amide bonds. The molecule has 1 heterocycles. The lowest BCUT2D eigenvalue weighted by molar-refractivity contribution is -0.0714. The fourth-order valence-electron chi connectivity index (χ4n) is 2.71. The van der Waals surface area contributed by atoms with Crippen molar-refractivity contribution in [1.82, 2.24) is 0 Å². The van der Waals surface area contributed by atoms with Crippen LogP contribution in [0.5, 0.6) is 11.5 Å². The van der Waals surface area contributed by atoms with E-state index in [-0.39, 0.29) is 10.8 Å². The summed E-state index contributed by atoms with van der Waals surface area (Å²) in [5.41, 5.74) is -6.67. The summed E-state index contributed by atoms with van der Waals surface area (Å²) in [5, 5.41) is 4.80. The Hall–Kier alpha value is -1.85. The molecule has 27 heavy (non-hydrogen) atoms. The van der Waals surface area contributed by atoms with Gasteiger partial charge >= 0.3 is 5.25 Å². The van der Waals surface area contributed by atoms with E-state index in [2.05, 4.69) is 0 Å². The van der Waals surface area contributed by atoms with Crippen molar-refractivity contribution in [2.75, 3.05) is 0 Å². The van der Waals surface area contributed by atoms with E-state index in [0.29, 0.717) is 12.1 Å². The van der Waals surface area contributed by atoms with Crippen molar-refractivity contribution >= 4 is 29.3 Å². The molecular formula is C15H7BClF5O4S. The molecule has 1 unspecified atom stereocenters. The van der Waals surface area contributed by atoms with E-state index in [4.69, 9.17) is 24.2 Å². The van der Waals surface area contributed by atoms with E-state index in [1.54, 1.807) is 0 Å². The van der Waals surface area contributed by atoms with Crippen LogP contribution in [0.2, 0.25) is 5.02 Å². The number of ether oxygens (including phenoxy) is 1. The summed E-state index contributed by atoms with van der Waals surface area (Å²) in [5.74, 6) is -2.04. The molecule has 0 aromatic heterocycles. The normalized spacial score (nSPS) is 22.7. The number of sulfone groups is 1. The van der Waals surface area contributed by atoms with Gasteiger partial charge in [0.05, 0.1) is 10.5 Å². The minimum absolute atomic E-state index is 0.144. The Labute approximate surface area is 155 Å². The first kappa shape index (κ1) is 19.9. The Morgan fingerprint density at radius 1 is 1.19 bits per heavy atom. The predicted octanol–water partition coefficient (Wildman–Crippen LogP) is 3.90. The quantitative estimate of drug-likeness (QED) is 0.600. The highest BCUT2D eigenvalue weighted by Gasteiger charge is 2.68. The number of hydrogen-bond acceptors (Lipinski definition) is 4. The summed E-state index contributed by atoms with van der Waals surface area (Å²) in [6.07, 6.45) is -3.56. The topological polar surface area (TPSA) is 63.6 Å². The van der Waals surface area contributed by atoms with Crippen molar-refractivity contribution < 1.29 is 40.2 Å². The Morgan fingerprint density at radius 3 is 2.37 bits per heavy atom. The molecule has 0 saturated carbocycles. The number of hydrogen-bond donors (Lipinski definition) is 1. The largest absolute Gasteiger partial charge is 0.457 e. The highest BCUT2D eigenvalue weighted by molar-refractivity contribution is 7.93. The van der Waals surface area contributed by atoms with Crippen molar-refractivity contribution in [1.29, 1.82) is 0 Å². The molecule has 2 radical (unpaired) electrons. The van der Waals surface area contributed by atoms with Gasteiger partial charge in [0.15, 0.2) is 0 Å². The molecule has 1 aliphatic rings. The average Bonchev–Trinajstić information content (AvgIpc) is 2.61. The molecular weight excluding hydrogens is 417 g/mol. The van der Waals surface area contributed by atoms with Gasteiger partial charge in [-0.15, -0.1) is 0 Å². The molecule has 3 rings (SSSR count). The van der Waals surface area contributed by atoms with Gasteiger partial charge in [-0.25, -0.2) is 21.6 Å². The zero-order valence-electron chi connectivity index (χ0n) is 12.9.